The zero-order valence-electron chi connectivity index (χ0n) is 14.9. The van der Waals surface area contributed by atoms with Crippen molar-refractivity contribution in [3.63, 3.8) is 0 Å². The van der Waals surface area contributed by atoms with Crippen LogP contribution in [0.4, 0.5) is 0 Å². The minimum Gasteiger partial charge on any atom is -0.351 e. The summed E-state index contributed by atoms with van der Waals surface area (Å²) in [5, 5.41) is 3.40. The van der Waals surface area contributed by atoms with Gasteiger partial charge in [-0.15, -0.1) is 0 Å². The second-order valence-electron chi connectivity index (χ2n) is 8.16. The van der Waals surface area contributed by atoms with Gasteiger partial charge in [-0.05, 0) is 50.6 Å². The average Bonchev–Trinajstić information content (AvgIpc) is 3.15. The van der Waals surface area contributed by atoms with E-state index in [1.807, 2.05) is 0 Å². The lowest BCUT2D eigenvalue weighted by molar-refractivity contribution is -0.127. The van der Waals surface area contributed by atoms with Crippen LogP contribution in [-0.4, -0.2) is 37.0 Å². The lowest BCUT2D eigenvalue weighted by Gasteiger charge is -2.25. The second-order valence-corrected chi connectivity index (χ2v) is 8.16. The molecule has 0 aromatic heterocycles. The maximum Gasteiger partial charge on any atom is 0.226 e. The topological polar surface area (TPSA) is 32.3 Å². The number of carbonyl (C=O) groups is 1. The van der Waals surface area contributed by atoms with Gasteiger partial charge in [-0.3, -0.25) is 4.79 Å². The Morgan fingerprint density at radius 2 is 2.09 bits per heavy atom. The Kier molecular flexibility index (Phi) is 4.50. The van der Waals surface area contributed by atoms with Gasteiger partial charge < -0.3 is 10.2 Å². The van der Waals surface area contributed by atoms with Crippen molar-refractivity contribution in [2.75, 3.05) is 20.1 Å². The third-order valence-electron chi connectivity index (χ3n) is 5.68. The third-order valence-corrected chi connectivity index (χ3v) is 5.68. The Morgan fingerprint density at radius 3 is 2.70 bits per heavy atom. The summed E-state index contributed by atoms with van der Waals surface area (Å²) in [5.74, 6) is 1.46. The molecule has 23 heavy (non-hydrogen) atoms. The molecule has 2 unspecified atom stereocenters. The smallest absolute Gasteiger partial charge is 0.226 e. The van der Waals surface area contributed by atoms with E-state index >= 15 is 0 Å². The van der Waals surface area contributed by atoms with E-state index in [1.54, 1.807) is 0 Å². The number of benzene rings is 1. The highest BCUT2D eigenvalue weighted by Gasteiger charge is 2.50. The summed E-state index contributed by atoms with van der Waals surface area (Å²) < 4.78 is 0. The Labute approximate surface area is 140 Å². The van der Waals surface area contributed by atoms with Gasteiger partial charge in [0.25, 0.3) is 0 Å². The molecule has 1 N–H and O–H groups in total. The van der Waals surface area contributed by atoms with Gasteiger partial charge in [-0.25, -0.2) is 0 Å². The van der Waals surface area contributed by atoms with Gasteiger partial charge in [0.15, 0.2) is 0 Å². The molecule has 0 bridgehead atoms. The van der Waals surface area contributed by atoms with E-state index in [1.165, 1.54) is 11.1 Å². The fourth-order valence-electron chi connectivity index (χ4n) is 4.03. The van der Waals surface area contributed by atoms with Gasteiger partial charge in [0.2, 0.25) is 5.91 Å². The molecular weight excluding hydrogens is 284 g/mol. The fraction of sp³-hybridized carbons (Fsp3) is 0.650. The summed E-state index contributed by atoms with van der Waals surface area (Å²) in [4.78, 5) is 15.3. The maximum atomic E-state index is 12.9. The van der Waals surface area contributed by atoms with Gasteiger partial charge in [0, 0.05) is 19.1 Å². The van der Waals surface area contributed by atoms with Crippen LogP contribution in [0.1, 0.15) is 37.8 Å². The molecule has 0 radical (unpaired) electrons. The van der Waals surface area contributed by atoms with Gasteiger partial charge >= 0.3 is 0 Å². The molecule has 1 aromatic carbocycles. The van der Waals surface area contributed by atoms with Crippen molar-refractivity contribution in [3.8, 4) is 0 Å². The molecule has 0 spiro atoms. The average molecular weight is 314 g/mol. The van der Waals surface area contributed by atoms with Crippen molar-refractivity contribution in [2.45, 2.75) is 46.1 Å². The molecule has 2 atom stereocenters. The number of aryl methyl sites for hydroxylation is 1. The van der Waals surface area contributed by atoms with Crippen LogP contribution in [-0.2, 0) is 11.2 Å². The van der Waals surface area contributed by atoms with E-state index < -0.39 is 0 Å². The molecular formula is C20H30N2O. The van der Waals surface area contributed by atoms with Gasteiger partial charge in [-0.1, -0.05) is 43.7 Å². The van der Waals surface area contributed by atoms with Crippen molar-refractivity contribution < 1.29 is 4.79 Å². The fourth-order valence-corrected chi connectivity index (χ4v) is 4.03. The third kappa shape index (κ3) is 3.60. The number of hydrogen-bond acceptors (Lipinski definition) is 2. The second kappa shape index (κ2) is 6.27. The zero-order valence-corrected chi connectivity index (χ0v) is 14.9. The largest absolute Gasteiger partial charge is 0.351 e. The summed E-state index contributed by atoms with van der Waals surface area (Å²) >= 11 is 0. The van der Waals surface area contributed by atoms with E-state index in [0.717, 1.165) is 32.4 Å². The molecule has 1 amide bonds. The first-order chi connectivity index (χ1) is 10.9. The van der Waals surface area contributed by atoms with Crippen molar-refractivity contribution in [1.82, 2.24) is 10.2 Å². The van der Waals surface area contributed by atoms with Gasteiger partial charge in [0.1, 0.15) is 0 Å². The van der Waals surface area contributed by atoms with Crippen LogP contribution >= 0.6 is 0 Å². The number of carbonyl (C=O) groups excluding carboxylic acids is 1. The van der Waals surface area contributed by atoms with E-state index in [0.29, 0.717) is 17.9 Å². The lowest BCUT2D eigenvalue weighted by Crippen LogP contribution is -2.45. The van der Waals surface area contributed by atoms with Gasteiger partial charge in [0.05, 0.1) is 5.41 Å². The number of likely N-dealkylation sites (tertiary alicyclic amines) is 1. The first kappa shape index (κ1) is 16.5. The number of rotatable bonds is 5. The molecule has 2 fully saturated rings. The van der Waals surface area contributed by atoms with Crippen LogP contribution < -0.4 is 5.32 Å². The summed E-state index contributed by atoms with van der Waals surface area (Å²) in [7, 11) is 2.15. The highest BCUT2D eigenvalue weighted by Crippen LogP contribution is 2.49. The number of hydrogen-bond donors (Lipinski definition) is 1. The van der Waals surface area contributed by atoms with E-state index in [4.69, 9.17) is 0 Å². The number of nitrogens with one attached hydrogen (secondary N) is 1. The minimum absolute atomic E-state index is 0.142. The van der Waals surface area contributed by atoms with Crippen molar-refractivity contribution >= 4 is 5.91 Å². The lowest BCUT2D eigenvalue weighted by atomic mass is 9.89. The molecule has 3 heteroatoms. The standard InChI is InChI=1S/C20H30N2O/c1-14(2)17-12-22(4)13-18(17)21-19(23)20(8-9-20)11-16-7-5-6-15(3)10-16/h5-7,10,14,17-18H,8-9,11-13H2,1-4H3,(H,21,23). The number of nitrogens with zero attached hydrogens (tertiary/aromatic N) is 1. The first-order valence-electron chi connectivity index (χ1n) is 8.95. The van der Waals surface area contributed by atoms with E-state index in [2.05, 4.69) is 62.3 Å². The Hall–Kier alpha value is -1.35. The Morgan fingerprint density at radius 1 is 1.35 bits per heavy atom. The van der Waals surface area contributed by atoms with Crippen molar-refractivity contribution in [3.05, 3.63) is 35.4 Å². The molecule has 2 aliphatic rings. The SMILES string of the molecule is Cc1cccc(CC2(C(=O)NC3CN(C)CC3C(C)C)CC2)c1. The molecule has 1 saturated carbocycles. The molecule has 3 rings (SSSR count). The summed E-state index contributed by atoms with van der Waals surface area (Å²) in [5.41, 5.74) is 2.42. The normalized spacial score (nSPS) is 26.5. The van der Waals surface area contributed by atoms with E-state index in [9.17, 15) is 4.79 Å². The number of amides is 1. The monoisotopic (exact) mass is 314 g/mol. The molecule has 1 saturated heterocycles. The van der Waals surface area contributed by atoms with Crippen molar-refractivity contribution in [1.29, 1.82) is 0 Å². The quantitative estimate of drug-likeness (QED) is 0.906. The van der Waals surface area contributed by atoms with Crippen LogP contribution in [0.25, 0.3) is 0 Å². The van der Waals surface area contributed by atoms with Crippen LogP contribution in [0.3, 0.4) is 0 Å². The van der Waals surface area contributed by atoms with Crippen LogP contribution in [0, 0.1) is 24.2 Å². The zero-order chi connectivity index (χ0) is 16.6. The van der Waals surface area contributed by atoms with E-state index in [-0.39, 0.29) is 11.3 Å². The predicted molar refractivity (Wildman–Crippen MR) is 94.3 cm³/mol. The van der Waals surface area contributed by atoms with Crippen LogP contribution in [0.2, 0.25) is 0 Å². The summed E-state index contributed by atoms with van der Waals surface area (Å²) in [6.07, 6.45) is 2.94. The Balaban J connectivity index is 1.65. The number of likely N-dealkylation sites (N-methyl/N-ethyl adjacent to an activating group) is 1. The van der Waals surface area contributed by atoms with Crippen LogP contribution in [0.5, 0.6) is 0 Å². The molecule has 3 nitrogen and oxygen atoms in total. The summed E-state index contributed by atoms with van der Waals surface area (Å²) in [6.45, 7) is 8.72. The maximum absolute atomic E-state index is 12.9. The highest BCUT2D eigenvalue weighted by atomic mass is 16.2. The molecule has 1 aliphatic carbocycles. The molecule has 1 aliphatic heterocycles. The minimum atomic E-state index is -0.142. The molecule has 126 valence electrons. The first-order valence-corrected chi connectivity index (χ1v) is 8.95. The predicted octanol–water partition coefficient (Wildman–Crippen LogP) is 3.02. The summed E-state index contributed by atoms with van der Waals surface area (Å²) in [6, 6.07) is 8.89. The van der Waals surface area contributed by atoms with Gasteiger partial charge in [-0.2, -0.15) is 0 Å². The molecule has 1 aromatic rings. The van der Waals surface area contributed by atoms with Crippen molar-refractivity contribution in [2.24, 2.45) is 17.3 Å². The Bertz CT molecular complexity index is 577. The molecule has 1 heterocycles. The van der Waals surface area contributed by atoms with Crippen LogP contribution in [0.15, 0.2) is 24.3 Å². The highest BCUT2D eigenvalue weighted by molar-refractivity contribution is 5.86.